The van der Waals surface area contributed by atoms with E-state index in [1.54, 1.807) is 18.2 Å². The summed E-state index contributed by atoms with van der Waals surface area (Å²) in [6, 6.07) is 17.5. The number of hydrogen-bond donors (Lipinski definition) is 0. The third kappa shape index (κ3) is 4.61. The first-order valence-electron chi connectivity index (χ1n) is 10.5. The number of rotatable bonds is 7. The van der Waals surface area contributed by atoms with Gasteiger partial charge < -0.3 is 4.74 Å². The minimum atomic E-state index is -0.446. The first-order valence-corrected chi connectivity index (χ1v) is 11.4. The molecule has 1 aliphatic rings. The van der Waals surface area contributed by atoms with Gasteiger partial charge in [0, 0.05) is 23.7 Å². The summed E-state index contributed by atoms with van der Waals surface area (Å²) in [5.41, 5.74) is 1.50. The first kappa shape index (κ1) is 22.5. The topological polar surface area (TPSA) is 89.8 Å². The van der Waals surface area contributed by atoms with Gasteiger partial charge in [-0.15, -0.1) is 0 Å². The van der Waals surface area contributed by atoms with Gasteiger partial charge in [-0.2, -0.15) is 0 Å². The quantitative estimate of drug-likeness (QED) is 0.237. The number of hydrogen-bond acceptors (Lipinski definition) is 6. The fourth-order valence-corrected chi connectivity index (χ4v) is 4.51. The first-order chi connectivity index (χ1) is 15.9. The summed E-state index contributed by atoms with van der Waals surface area (Å²) in [6.07, 6.45) is 2.41. The van der Waals surface area contributed by atoms with Crippen molar-refractivity contribution in [2.75, 3.05) is 0 Å². The number of non-ortho nitro benzene ring substituents is 1. The van der Waals surface area contributed by atoms with E-state index in [2.05, 4.69) is 0 Å². The third-order valence-corrected chi connectivity index (χ3v) is 6.49. The van der Waals surface area contributed by atoms with Gasteiger partial charge in [0.15, 0.2) is 0 Å². The van der Waals surface area contributed by atoms with Crippen LogP contribution < -0.4 is 4.74 Å². The molecule has 1 fully saturated rings. The lowest BCUT2D eigenvalue weighted by Gasteiger charge is -2.19. The zero-order valence-electron chi connectivity index (χ0n) is 18.2. The molecule has 3 aromatic rings. The summed E-state index contributed by atoms with van der Waals surface area (Å²) in [5, 5.41) is 12.5. The van der Waals surface area contributed by atoms with Crippen LogP contribution >= 0.6 is 11.8 Å². The molecular formula is C25H22N2O5S. The number of ether oxygens (including phenoxy) is 1. The molecule has 0 N–H and O–H groups in total. The second-order valence-electron chi connectivity index (χ2n) is 7.72. The van der Waals surface area contributed by atoms with Crippen molar-refractivity contribution < 1.29 is 19.2 Å². The van der Waals surface area contributed by atoms with Crippen LogP contribution in [0.3, 0.4) is 0 Å². The van der Waals surface area contributed by atoms with Crippen LogP contribution in [-0.4, -0.2) is 27.0 Å². The molecule has 1 heterocycles. The maximum absolute atomic E-state index is 13.0. The maximum atomic E-state index is 13.0. The predicted octanol–water partition coefficient (Wildman–Crippen LogP) is 6.16. The van der Waals surface area contributed by atoms with E-state index in [1.807, 2.05) is 50.2 Å². The fraction of sp³-hybridized carbons (Fsp3) is 0.200. The Bertz CT molecular complexity index is 1270. The van der Waals surface area contributed by atoms with Crippen molar-refractivity contribution in [1.29, 1.82) is 0 Å². The van der Waals surface area contributed by atoms with Gasteiger partial charge in [-0.1, -0.05) is 37.3 Å². The molecule has 0 unspecified atom stereocenters. The van der Waals surface area contributed by atoms with Crippen molar-refractivity contribution in [2.45, 2.75) is 32.9 Å². The lowest BCUT2D eigenvalue weighted by atomic mass is 10.0. The highest BCUT2D eigenvalue weighted by Gasteiger charge is 2.37. The summed E-state index contributed by atoms with van der Waals surface area (Å²) >= 11 is 0.935. The summed E-state index contributed by atoms with van der Waals surface area (Å²) < 4.78 is 6.07. The fourth-order valence-electron chi connectivity index (χ4n) is 3.60. The lowest BCUT2D eigenvalue weighted by molar-refractivity contribution is -0.384. The standard InChI is InChI=1S/C25H22N2O5S/c1-3-16(2)26-24(28)23(33-25(26)29)14-21-20-7-5-4-6-18(20)10-13-22(21)32-15-17-8-11-19(12-9-17)27(30)31/h4-14,16H,3,15H2,1-2H3/b23-14+/t16-/m0/s1. The molecule has 0 spiro atoms. The lowest BCUT2D eigenvalue weighted by Crippen LogP contribution is -2.36. The highest BCUT2D eigenvalue weighted by atomic mass is 32.2. The van der Waals surface area contributed by atoms with Crippen molar-refractivity contribution in [2.24, 2.45) is 0 Å². The minimum Gasteiger partial charge on any atom is -0.488 e. The Morgan fingerprint density at radius 2 is 1.82 bits per heavy atom. The summed E-state index contributed by atoms with van der Waals surface area (Å²) in [4.78, 5) is 37.5. The van der Waals surface area contributed by atoms with E-state index in [0.717, 1.165) is 28.1 Å². The van der Waals surface area contributed by atoms with Crippen molar-refractivity contribution >= 4 is 45.4 Å². The van der Waals surface area contributed by atoms with Gasteiger partial charge in [0.2, 0.25) is 0 Å². The van der Waals surface area contributed by atoms with E-state index >= 15 is 0 Å². The minimum absolute atomic E-state index is 0.0159. The number of thioether (sulfide) groups is 1. The second kappa shape index (κ2) is 9.46. The Kier molecular flexibility index (Phi) is 6.46. The largest absolute Gasteiger partial charge is 0.488 e. The number of amides is 2. The zero-order valence-corrected chi connectivity index (χ0v) is 19.0. The Balaban J connectivity index is 1.69. The zero-order chi connectivity index (χ0) is 23.5. The van der Waals surface area contributed by atoms with E-state index < -0.39 is 4.92 Å². The normalized spacial score (nSPS) is 15.9. The molecule has 8 heteroatoms. The van der Waals surface area contributed by atoms with Gasteiger partial charge in [0.05, 0.1) is 9.83 Å². The van der Waals surface area contributed by atoms with Crippen LogP contribution in [0.5, 0.6) is 5.75 Å². The van der Waals surface area contributed by atoms with Gasteiger partial charge >= 0.3 is 0 Å². The number of benzene rings is 3. The average molecular weight is 463 g/mol. The third-order valence-electron chi connectivity index (χ3n) is 5.60. The van der Waals surface area contributed by atoms with Gasteiger partial charge in [0.25, 0.3) is 16.8 Å². The molecule has 1 aliphatic heterocycles. The van der Waals surface area contributed by atoms with Crippen LogP contribution in [0.15, 0.2) is 65.6 Å². The Labute approximate surface area is 195 Å². The monoisotopic (exact) mass is 462 g/mol. The molecule has 4 rings (SSSR count). The molecule has 0 saturated carbocycles. The second-order valence-corrected chi connectivity index (χ2v) is 8.71. The van der Waals surface area contributed by atoms with Crippen LogP contribution in [0.2, 0.25) is 0 Å². The summed E-state index contributed by atoms with van der Waals surface area (Å²) in [7, 11) is 0. The summed E-state index contributed by atoms with van der Waals surface area (Å²) in [5.74, 6) is 0.260. The summed E-state index contributed by atoms with van der Waals surface area (Å²) in [6.45, 7) is 3.99. The number of nitro benzene ring substituents is 1. The van der Waals surface area contributed by atoms with Crippen molar-refractivity contribution in [3.63, 3.8) is 0 Å². The van der Waals surface area contributed by atoms with Gasteiger partial charge in [-0.05, 0) is 65.7 Å². The SMILES string of the molecule is CC[C@H](C)N1C(=O)S/C(=C/c2c(OCc3ccc([N+](=O)[O-])cc3)ccc3ccccc23)C1=O. The van der Waals surface area contributed by atoms with E-state index in [0.29, 0.717) is 22.6 Å². The number of carbonyl (C=O) groups excluding carboxylic acids is 2. The molecule has 7 nitrogen and oxygen atoms in total. The smallest absolute Gasteiger partial charge is 0.293 e. The van der Waals surface area contributed by atoms with Crippen LogP contribution in [0.4, 0.5) is 10.5 Å². The van der Waals surface area contributed by atoms with E-state index in [4.69, 9.17) is 4.74 Å². The van der Waals surface area contributed by atoms with Crippen LogP contribution in [0.25, 0.3) is 16.8 Å². The molecule has 2 amide bonds. The maximum Gasteiger partial charge on any atom is 0.293 e. The molecule has 1 atom stereocenters. The molecule has 0 radical (unpaired) electrons. The van der Waals surface area contributed by atoms with Crippen LogP contribution in [-0.2, 0) is 11.4 Å². The van der Waals surface area contributed by atoms with E-state index in [9.17, 15) is 19.7 Å². The van der Waals surface area contributed by atoms with Crippen molar-refractivity contribution in [3.8, 4) is 5.75 Å². The highest BCUT2D eigenvalue weighted by Crippen LogP contribution is 2.38. The Morgan fingerprint density at radius 3 is 2.52 bits per heavy atom. The Morgan fingerprint density at radius 1 is 1.09 bits per heavy atom. The van der Waals surface area contributed by atoms with Crippen LogP contribution in [0.1, 0.15) is 31.4 Å². The number of imide groups is 1. The molecule has 168 valence electrons. The molecule has 0 aromatic heterocycles. The predicted molar refractivity (Wildman–Crippen MR) is 129 cm³/mol. The number of fused-ring (bicyclic) bond motifs is 1. The highest BCUT2D eigenvalue weighted by molar-refractivity contribution is 8.18. The molecule has 1 saturated heterocycles. The van der Waals surface area contributed by atoms with Gasteiger partial charge in [0.1, 0.15) is 12.4 Å². The molecular weight excluding hydrogens is 440 g/mol. The number of nitrogens with zero attached hydrogens (tertiary/aromatic N) is 2. The van der Waals surface area contributed by atoms with Gasteiger partial charge in [-0.3, -0.25) is 24.6 Å². The average Bonchev–Trinajstić information content (AvgIpc) is 3.10. The van der Waals surface area contributed by atoms with Crippen LogP contribution in [0, 0.1) is 10.1 Å². The number of carbonyl (C=O) groups is 2. The molecule has 33 heavy (non-hydrogen) atoms. The molecule has 0 bridgehead atoms. The van der Waals surface area contributed by atoms with E-state index in [1.165, 1.54) is 17.0 Å². The number of nitro groups is 1. The van der Waals surface area contributed by atoms with Gasteiger partial charge in [-0.25, -0.2) is 0 Å². The molecule has 3 aromatic carbocycles. The van der Waals surface area contributed by atoms with Crippen molar-refractivity contribution in [1.82, 2.24) is 4.90 Å². The van der Waals surface area contributed by atoms with E-state index in [-0.39, 0.29) is 29.5 Å². The Hall–Kier alpha value is -3.65. The molecule has 0 aliphatic carbocycles. The van der Waals surface area contributed by atoms with Crippen molar-refractivity contribution in [3.05, 3.63) is 86.8 Å².